The topological polar surface area (TPSA) is 49.0 Å². The highest BCUT2D eigenvalue weighted by Crippen LogP contribution is 2.68. The van der Waals surface area contributed by atoms with Crippen molar-refractivity contribution >= 4 is 8.07 Å². The van der Waals surface area contributed by atoms with Crippen molar-refractivity contribution in [3.8, 4) is 23.0 Å². The van der Waals surface area contributed by atoms with E-state index in [-0.39, 0.29) is 0 Å². The zero-order chi connectivity index (χ0) is 20.3. The van der Waals surface area contributed by atoms with Crippen LogP contribution in [0.5, 0.6) is 23.0 Å². The molecule has 2 aromatic carbocycles. The minimum atomic E-state index is -0.405. The molecule has 0 radical (unpaired) electrons. The van der Waals surface area contributed by atoms with Crippen molar-refractivity contribution in [2.45, 2.75) is 43.9 Å². The van der Waals surface area contributed by atoms with Crippen LogP contribution < -0.4 is 24.0 Å². The molecule has 3 heterocycles. The Balaban J connectivity index is 1.42. The van der Waals surface area contributed by atoms with Crippen LogP contribution in [-0.2, 0) is 0 Å². The second kappa shape index (κ2) is 9.03. The van der Waals surface area contributed by atoms with E-state index in [4.69, 9.17) is 18.9 Å². The van der Waals surface area contributed by atoms with Gasteiger partial charge in [-0.3, -0.25) is 5.09 Å². The van der Waals surface area contributed by atoms with E-state index in [1.165, 1.54) is 36.8 Å². The molecule has 160 valence electrons. The summed E-state index contributed by atoms with van der Waals surface area (Å²) in [5.41, 5.74) is 3.78. The van der Waals surface area contributed by atoms with E-state index in [1.807, 2.05) is 0 Å². The van der Waals surface area contributed by atoms with Crippen LogP contribution in [-0.4, -0.2) is 33.0 Å². The molecule has 1 saturated heterocycles. The second-order valence-electron chi connectivity index (χ2n) is 8.08. The van der Waals surface area contributed by atoms with Crippen LogP contribution >= 0.6 is 8.07 Å². The third-order valence-electron chi connectivity index (χ3n) is 6.11. The maximum atomic E-state index is 5.86. The maximum absolute atomic E-state index is 5.86. The van der Waals surface area contributed by atoms with Crippen molar-refractivity contribution < 1.29 is 18.9 Å². The predicted molar refractivity (Wildman–Crippen MR) is 119 cm³/mol. The number of fused-ring (bicyclic) bond motifs is 2. The Kier molecular flexibility index (Phi) is 6.01. The monoisotopic (exact) mass is 427 g/mol. The van der Waals surface area contributed by atoms with Crippen molar-refractivity contribution in [2.75, 3.05) is 33.0 Å². The molecule has 0 bridgehead atoms. The van der Waals surface area contributed by atoms with Gasteiger partial charge in [0.2, 0.25) is 0 Å². The molecule has 0 unspecified atom stereocenters. The lowest BCUT2D eigenvalue weighted by Crippen LogP contribution is -2.17. The minimum absolute atomic E-state index is 0.405. The zero-order valence-corrected chi connectivity index (χ0v) is 18.5. The average molecular weight is 427 g/mol. The fourth-order valence-electron chi connectivity index (χ4n) is 4.61. The molecule has 1 N–H and O–H groups in total. The molecular formula is C24H30NO4P. The summed E-state index contributed by atoms with van der Waals surface area (Å²) in [6.07, 6.45) is 4.78. The van der Waals surface area contributed by atoms with Gasteiger partial charge in [-0.2, -0.15) is 0 Å². The Morgan fingerprint density at radius 3 is 1.77 bits per heavy atom. The van der Waals surface area contributed by atoms with Gasteiger partial charge in [-0.25, -0.2) is 0 Å². The second-order valence-corrected chi connectivity index (χ2v) is 10.5. The van der Waals surface area contributed by atoms with Crippen molar-refractivity contribution in [2.24, 2.45) is 0 Å². The molecule has 0 amide bonds. The number of hydrogen-bond donors (Lipinski definition) is 1. The maximum Gasteiger partial charge on any atom is 0.161 e. The molecule has 0 spiro atoms. The van der Waals surface area contributed by atoms with Crippen LogP contribution in [0.2, 0.25) is 0 Å². The molecule has 30 heavy (non-hydrogen) atoms. The standard InChI is InChI=1S/C24H30NO4P/c1-2-3-10-25-30-23(17-4-6-19-21(15-17)28-13-11-26-19)8-9-24(30)18-5-7-20-22(16-18)29-14-12-27-20/h4-7,15-16,23-25H,2-3,8-14H2,1H3/t23-,24-/m0/s1. The molecule has 0 saturated carbocycles. The van der Waals surface area contributed by atoms with Gasteiger partial charge in [0.25, 0.3) is 0 Å². The number of nitrogens with one attached hydrogen (secondary N) is 1. The highest BCUT2D eigenvalue weighted by atomic mass is 31.1. The van der Waals surface area contributed by atoms with Gasteiger partial charge in [0.1, 0.15) is 26.4 Å². The Bertz CT molecular complexity index is 822. The van der Waals surface area contributed by atoms with Gasteiger partial charge in [0.15, 0.2) is 23.0 Å². The van der Waals surface area contributed by atoms with Crippen LogP contribution in [0.25, 0.3) is 0 Å². The number of rotatable bonds is 6. The van der Waals surface area contributed by atoms with Crippen molar-refractivity contribution in [3.05, 3.63) is 47.5 Å². The van der Waals surface area contributed by atoms with Crippen LogP contribution in [0, 0.1) is 0 Å². The number of hydrogen-bond acceptors (Lipinski definition) is 5. The molecular weight excluding hydrogens is 397 g/mol. The summed E-state index contributed by atoms with van der Waals surface area (Å²) in [7, 11) is -0.405. The number of ether oxygens (including phenoxy) is 4. The molecule has 1 fully saturated rings. The number of benzene rings is 2. The molecule has 0 aliphatic carbocycles. The highest BCUT2D eigenvalue weighted by molar-refractivity contribution is 7.56. The zero-order valence-electron chi connectivity index (χ0n) is 17.6. The Labute approximate surface area is 179 Å². The fourth-order valence-corrected chi connectivity index (χ4v) is 7.72. The van der Waals surface area contributed by atoms with E-state index in [0.29, 0.717) is 37.7 Å². The van der Waals surface area contributed by atoms with Crippen molar-refractivity contribution in [1.29, 1.82) is 0 Å². The summed E-state index contributed by atoms with van der Waals surface area (Å²) < 4.78 is 23.2. The first-order chi connectivity index (χ1) is 14.8. The van der Waals surface area contributed by atoms with Crippen LogP contribution in [0.15, 0.2) is 36.4 Å². The molecule has 6 heteroatoms. The summed E-state index contributed by atoms with van der Waals surface area (Å²) in [4.78, 5) is 0. The summed E-state index contributed by atoms with van der Waals surface area (Å²) in [5, 5.41) is 3.96. The smallest absolute Gasteiger partial charge is 0.161 e. The summed E-state index contributed by atoms with van der Waals surface area (Å²) in [6.45, 7) is 5.85. The van der Waals surface area contributed by atoms with Crippen LogP contribution in [0.1, 0.15) is 55.1 Å². The van der Waals surface area contributed by atoms with Crippen LogP contribution in [0.4, 0.5) is 0 Å². The van der Waals surface area contributed by atoms with Crippen LogP contribution in [0.3, 0.4) is 0 Å². The van der Waals surface area contributed by atoms with E-state index in [0.717, 1.165) is 29.5 Å². The van der Waals surface area contributed by atoms with E-state index in [9.17, 15) is 0 Å². The molecule has 2 aromatic rings. The SMILES string of the molecule is CCCCNP1[C@H](c2ccc3c(c2)OCCO3)CC[C@H]1c1ccc2c(c1)OCCO2. The van der Waals surface area contributed by atoms with Crippen molar-refractivity contribution in [3.63, 3.8) is 0 Å². The van der Waals surface area contributed by atoms with Gasteiger partial charge >= 0.3 is 0 Å². The quantitative estimate of drug-likeness (QED) is 0.481. The lowest BCUT2D eigenvalue weighted by molar-refractivity contribution is 0.171. The first-order valence-corrected chi connectivity index (χ1v) is 12.6. The van der Waals surface area contributed by atoms with Gasteiger partial charge < -0.3 is 18.9 Å². The van der Waals surface area contributed by atoms with Crippen molar-refractivity contribution in [1.82, 2.24) is 5.09 Å². The molecule has 5 nitrogen and oxygen atoms in total. The van der Waals surface area contributed by atoms with E-state index < -0.39 is 8.07 Å². The third-order valence-corrected chi connectivity index (χ3v) is 9.16. The fraction of sp³-hybridized carbons (Fsp3) is 0.500. The van der Waals surface area contributed by atoms with E-state index in [2.05, 4.69) is 48.4 Å². The third kappa shape index (κ3) is 3.98. The first-order valence-electron chi connectivity index (χ1n) is 11.1. The highest BCUT2D eigenvalue weighted by Gasteiger charge is 2.38. The lowest BCUT2D eigenvalue weighted by Gasteiger charge is -2.29. The molecule has 2 atom stereocenters. The normalized spacial score (nSPS) is 22.8. The molecule has 0 aromatic heterocycles. The average Bonchev–Trinajstić information content (AvgIpc) is 3.22. The first kappa shape index (κ1) is 20.0. The molecule has 3 aliphatic rings. The Morgan fingerprint density at radius 2 is 1.27 bits per heavy atom. The van der Waals surface area contributed by atoms with Gasteiger partial charge in [-0.05, 0) is 69.3 Å². The lowest BCUT2D eigenvalue weighted by atomic mass is 10.0. The van der Waals surface area contributed by atoms with E-state index >= 15 is 0 Å². The summed E-state index contributed by atoms with van der Waals surface area (Å²) in [5.74, 6) is 3.53. The molecule has 3 aliphatic heterocycles. The van der Waals surface area contributed by atoms with Gasteiger partial charge in [-0.1, -0.05) is 25.5 Å². The van der Waals surface area contributed by atoms with Gasteiger partial charge in [0.05, 0.1) is 0 Å². The summed E-state index contributed by atoms with van der Waals surface area (Å²) >= 11 is 0. The predicted octanol–water partition coefficient (Wildman–Crippen LogP) is 5.59. The van der Waals surface area contributed by atoms with E-state index in [1.54, 1.807) is 0 Å². The summed E-state index contributed by atoms with van der Waals surface area (Å²) in [6, 6.07) is 13.1. The number of unbranched alkanes of at least 4 members (excludes halogenated alkanes) is 1. The minimum Gasteiger partial charge on any atom is -0.486 e. The van der Waals surface area contributed by atoms with Gasteiger partial charge in [-0.15, -0.1) is 0 Å². The Morgan fingerprint density at radius 1 is 0.767 bits per heavy atom. The Hall–Kier alpha value is -1.97. The largest absolute Gasteiger partial charge is 0.486 e. The van der Waals surface area contributed by atoms with Gasteiger partial charge in [0, 0.05) is 11.3 Å². The molecule has 5 rings (SSSR count).